The number of hydrogen-bond acceptors (Lipinski definition) is 2. The van der Waals surface area contributed by atoms with Crippen molar-refractivity contribution in [3.05, 3.63) is 64.5 Å². The van der Waals surface area contributed by atoms with Crippen LogP contribution in [0.15, 0.2) is 36.4 Å². The lowest BCUT2D eigenvalue weighted by Gasteiger charge is -2.17. The van der Waals surface area contributed by atoms with Crippen LogP contribution >= 0.6 is 0 Å². The van der Waals surface area contributed by atoms with Crippen LogP contribution in [0.2, 0.25) is 0 Å². The second-order valence-electron chi connectivity index (χ2n) is 5.12. The third-order valence-corrected chi connectivity index (χ3v) is 3.53. The van der Waals surface area contributed by atoms with Gasteiger partial charge in [-0.05, 0) is 60.7 Å². The fourth-order valence-electron chi connectivity index (χ4n) is 2.46. The van der Waals surface area contributed by atoms with Crippen LogP contribution in [0.1, 0.15) is 28.3 Å². The van der Waals surface area contributed by atoms with Gasteiger partial charge in [0.2, 0.25) is 0 Å². The first-order chi connectivity index (χ1) is 9.51. The molecule has 0 aliphatic heterocycles. The second kappa shape index (κ2) is 6.06. The molecule has 0 saturated heterocycles. The Labute approximate surface area is 119 Å². The highest BCUT2D eigenvalue weighted by Gasteiger charge is 2.13. The van der Waals surface area contributed by atoms with Gasteiger partial charge in [-0.1, -0.05) is 18.2 Å². The van der Waals surface area contributed by atoms with E-state index in [9.17, 15) is 4.39 Å². The predicted molar refractivity (Wildman–Crippen MR) is 79.5 cm³/mol. The lowest BCUT2D eigenvalue weighted by Crippen LogP contribution is -2.15. The molecule has 3 heteroatoms. The lowest BCUT2D eigenvalue weighted by molar-refractivity contribution is 0.411. The minimum atomic E-state index is -0.225. The van der Waals surface area contributed by atoms with Crippen LogP contribution in [0.3, 0.4) is 0 Å². The Morgan fingerprint density at radius 2 is 1.90 bits per heavy atom. The molecule has 0 bridgehead atoms. The van der Waals surface area contributed by atoms with Crippen molar-refractivity contribution in [1.29, 1.82) is 0 Å². The van der Waals surface area contributed by atoms with Crippen molar-refractivity contribution in [2.45, 2.75) is 26.3 Å². The molecule has 0 aromatic heterocycles. The average Bonchev–Trinajstić information content (AvgIpc) is 2.40. The fourth-order valence-corrected chi connectivity index (χ4v) is 2.46. The van der Waals surface area contributed by atoms with Crippen molar-refractivity contribution in [2.75, 3.05) is 7.11 Å². The highest BCUT2D eigenvalue weighted by Crippen LogP contribution is 2.27. The maximum atomic E-state index is 13.2. The number of benzene rings is 2. The lowest BCUT2D eigenvalue weighted by atomic mass is 9.94. The molecule has 2 aromatic rings. The van der Waals surface area contributed by atoms with Gasteiger partial charge >= 0.3 is 0 Å². The summed E-state index contributed by atoms with van der Waals surface area (Å²) in [7, 11) is 1.66. The Bertz CT molecular complexity index is 610. The molecule has 106 valence electrons. The van der Waals surface area contributed by atoms with E-state index in [-0.39, 0.29) is 11.9 Å². The van der Waals surface area contributed by atoms with E-state index >= 15 is 0 Å². The van der Waals surface area contributed by atoms with Crippen LogP contribution in [0, 0.1) is 19.7 Å². The number of halogens is 1. The second-order valence-corrected chi connectivity index (χ2v) is 5.12. The van der Waals surface area contributed by atoms with Crippen molar-refractivity contribution in [2.24, 2.45) is 5.73 Å². The highest BCUT2D eigenvalue weighted by atomic mass is 19.1. The first-order valence-corrected chi connectivity index (χ1v) is 6.66. The molecule has 0 spiro atoms. The van der Waals surface area contributed by atoms with E-state index in [1.165, 1.54) is 12.1 Å². The Morgan fingerprint density at radius 3 is 2.55 bits per heavy atom. The zero-order chi connectivity index (χ0) is 14.7. The summed E-state index contributed by atoms with van der Waals surface area (Å²) < 4.78 is 18.5. The van der Waals surface area contributed by atoms with Gasteiger partial charge in [0, 0.05) is 6.04 Å². The van der Waals surface area contributed by atoms with Crippen LogP contribution in [0.25, 0.3) is 0 Å². The van der Waals surface area contributed by atoms with E-state index in [1.807, 2.05) is 26.0 Å². The smallest absolute Gasteiger partial charge is 0.123 e. The quantitative estimate of drug-likeness (QED) is 0.922. The summed E-state index contributed by atoms with van der Waals surface area (Å²) >= 11 is 0. The summed E-state index contributed by atoms with van der Waals surface area (Å²) in [6.07, 6.45) is 0.615. The third-order valence-electron chi connectivity index (χ3n) is 3.53. The minimum absolute atomic E-state index is 0.151. The molecule has 2 aromatic carbocycles. The van der Waals surface area contributed by atoms with E-state index in [1.54, 1.807) is 13.2 Å². The molecule has 2 N–H and O–H groups in total. The maximum absolute atomic E-state index is 13.2. The predicted octanol–water partition coefficient (Wildman–Crippen LogP) is 3.69. The van der Waals surface area contributed by atoms with Crippen molar-refractivity contribution >= 4 is 0 Å². The van der Waals surface area contributed by atoms with E-state index in [2.05, 4.69) is 6.07 Å². The summed E-state index contributed by atoms with van der Waals surface area (Å²) in [6.45, 7) is 4.01. The molecular weight excluding hydrogens is 253 g/mol. The summed E-state index contributed by atoms with van der Waals surface area (Å²) in [5.41, 5.74) is 10.4. The normalized spacial score (nSPS) is 12.2. The molecule has 1 atom stereocenters. The van der Waals surface area contributed by atoms with Gasteiger partial charge in [-0.15, -0.1) is 0 Å². The maximum Gasteiger partial charge on any atom is 0.123 e. The number of methoxy groups -OCH3 is 1. The summed E-state index contributed by atoms with van der Waals surface area (Å²) in [5.74, 6) is 0.640. The molecule has 2 rings (SSSR count). The monoisotopic (exact) mass is 273 g/mol. The van der Waals surface area contributed by atoms with E-state index < -0.39 is 0 Å². The summed E-state index contributed by atoms with van der Waals surface area (Å²) in [4.78, 5) is 0. The van der Waals surface area contributed by atoms with Crippen molar-refractivity contribution in [3.63, 3.8) is 0 Å². The Balaban J connectivity index is 2.25. The molecule has 0 heterocycles. The fraction of sp³-hybridized carbons (Fsp3) is 0.294. The Morgan fingerprint density at radius 1 is 1.15 bits per heavy atom. The molecule has 2 nitrogen and oxygen atoms in total. The van der Waals surface area contributed by atoms with Gasteiger partial charge in [-0.2, -0.15) is 0 Å². The Kier molecular flexibility index (Phi) is 4.40. The highest BCUT2D eigenvalue weighted by molar-refractivity contribution is 5.43. The van der Waals surface area contributed by atoms with Crippen molar-refractivity contribution in [3.8, 4) is 5.75 Å². The molecule has 0 saturated carbocycles. The first kappa shape index (κ1) is 14.5. The minimum Gasteiger partial charge on any atom is -0.496 e. The molecule has 0 aliphatic carbocycles. The number of ether oxygens (including phenoxy) is 1. The molecular formula is C17H20FNO. The van der Waals surface area contributed by atoms with Crippen LogP contribution in [-0.2, 0) is 6.42 Å². The third kappa shape index (κ3) is 3.17. The summed E-state index contributed by atoms with van der Waals surface area (Å²) in [6, 6.07) is 10.5. The molecule has 0 radical (unpaired) electrons. The van der Waals surface area contributed by atoms with Crippen molar-refractivity contribution < 1.29 is 9.13 Å². The number of rotatable bonds is 4. The van der Waals surface area contributed by atoms with Crippen molar-refractivity contribution in [1.82, 2.24) is 0 Å². The average molecular weight is 273 g/mol. The summed E-state index contributed by atoms with van der Waals surface area (Å²) in [5, 5.41) is 0. The van der Waals surface area contributed by atoms with Crippen LogP contribution in [-0.4, -0.2) is 7.11 Å². The van der Waals surface area contributed by atoms with E-state index in [4.69, 9.17) is 10.5 Å². The van der Waals surface area contributed by atoms with Gasteiger partial charge in [0.15, 0.2) is 0 Å². The SMILES string of the molecule is COc1cc(C)c(C(N)Cc2cccc(F)c2)cc1C. The largest absolute Gasteiger partial charge is 0.496 e. The van der Waals surface area contributed by atoms with Gasteiger partial charge < -0.3 is 10.5 Å². The zero-order valence-electron chi connectivity index (χ0n) is 12.1. The van der Waals surface area contributed by atoms with Gasteiger partial charge in [0.05, 0.1) is 7.11 Å². The van der Waals surface area contributed by atoms with Gasteiger partial charge in [0.1, 0.15) is 11.6 Å². The molecule has 0 amide bonds. The zero-order valence-corrected chi connectivity index (χ0v) is 12.1. The van der Waals surface area contributed by atoms with Gasteiger partial charge in [-0.3, -0.25) is 0 Å². The van der Waals surface area contributed by atoms with Crippen LogP contribution in [0.5, 0.6) is 5.75 Å². The first-order valence-electron chi connectivity index (χ1n) is 6.66. The molecule has 0 fully saturated rings. The molecule has 1 unspecified atom stereocenters. The Hall–Kier alpha value is -1.87. The number of aryl methyl sites for hydroxylation is 2. The number of hydrogen-bond donors (Lipinski definition) is 1. The van der Waals surface area contributed by atoms with Crippen LogP contribution in [0.4, 0.5) is 4.39 Å². The van der Waals surface area contributed by atoms with E-state index in [0.29, 0.717) is 6.42 Å². The molecule has 0 aliphatic rings. The van der Waals surface area contributed by atoms with E-state index in [0.717, 1.165) is 28.0 Å². The molecule has 20 heavy (non-hydrogen) atoms. The topological polar surface area (TPSA) is 35.2 Å². The van der Waals surface area contributed by atoms with Gasteiger partial charge in [0.25, 0.3) is 0 Å². The standard InChI is InChI=1S/C17H20FNO/c1-11-8-17(20-3)12(2)7-15(11)16(19)10-13-5-4-6-14(18)9-13/h4-9,16H,10,19H2,1-3H3. The number of nitrogens with two attached hydrogens (primary N) is 1. The van der Waals surface area contributed by atoms with Gasteiger partial charge in [-0.25, -0.2) is 4.39 Å². The van der Waals surface area contributed by atoms with Crippen LogP contribution < -0.4 is 10.5 Å².